The molecule has 28 heteroatoms. The van der Waals surface area contributed by atoms with Crippen molar-refractivity contribution in [1.29, 1.82) is 0 Å². The van der Waals surface area contributed by atoms with E-state index in [1.165, 1.54) is 26.0 Å². The van der Waals surface area contributed by atoms with Crippen LogP contribution in [0.5, 0.6) is 0 Å². The fourth-order valence-electron chi connectivity index (χ4n) is 8.40. The van der Waals surface area contributed by atoms with Crippen LogP contribution in [0.2, 0.25) is 5.02 Å². The van der Waals surface area contributed by atoms with Gasteiger partial charge in [-0.2, -0.15) is 49.6 Å². The molecule has 2 N–H and O–H groups in total. The van der Waals surface area contributed by atoms with Crippen molar-refractivity contribution in [2.75, 3.05) is 30.0 Å². The van der Waals surface area contributed by atoms with Crippen LogP contribution in [0.3, 0.4) is 0 Å². The minimum Gasteiger partial charge on any atom is -0.448 e. The number of unbranched alkanes of at least 4 members (excludes halogenated alkanes) is 1. The Kier molecular flexibility index (Phi) is 16.0. The highest BCUT2D eigenvalue weighted by atomic mass is 35.5. The van der Waals surface area contributed by atoms with Crippen LogP contribution in [0.4, 0.5) is 54.5 Å². The van der Waals surface area contributed by atoms with Gasteiger partial charge >= 0.3 is 18.4 Å². The lowest BCUT2D eigenvalue weighted by atomic mass is 9.93. The van der Waals surface area contributed by atoms with Crippen LogP contribution < -0.4 is 9.62 Å². The van der Waals surface area contributed by atoms with Crippen LogP contribution in [-0.4, -0.2) is 95.1 Å². The fraction of sp³-hybridized carbons (Fsp3) is 0.489. The Hall–Kier alpha value is -5.54. The molecule has 0 aliphatic heterocycles. The largest absolute Gasteiger partial charge is 0.448 e. The molecule has 15 nitrogen and oxygen atoms in total. The first-order valence-electron chi connectivity index (χ1n) is 22.1. The molecule has 0 radical (unpaired) electrons. The average Bonchev–Trinajstić information content (AvgIpc) is 3.86. The summed E-state index contributed by atoms with van der Waals surface area (Å²) in [6.45, 7) is 0.908. The number of nitrogens with zero attached hydrogens (tertiary/aromatic N) is 6. The number of sulfonamides is 1. The van der Waals surface area contributed by atoms with E-state index in [-0.39, 0.29) is 74.0 Å². The van der Waals surface area contributed by atoms with Gasteiger partial charge in [0.05, 0.1) is 45.3 Å². The zero-order valence-electron chi connectivity index (χ0n) is 39.6. The third-order valence-electron chi connectivity index (χ3n) is 12.6. The lowest BCUT2D eigenvalue weighted by Gasteiger charge is -2.25. The second-order valence-corrected chi connectivity index (χ2v) is 23.2. The number of amides is 2. The van der Waals surface area contributed by atoms with Gasteiger partial charge in [-0.05, 0) is 81.7 Å². The summed E-state index contributed by atoms with van der Waals surface area (Å²) in [4.78, 5) is 32.4. The number of rotatable bonds is 18. The van der Waals surface area contributed by atoms with Gasteiger partial charge in [-0.15, -0.1) is 0 Å². The number of hydrogen-bond donors (Lipinski definition) is 2. The number of hydrogen-bond acceptors (Lipinski definition) is 11. The second-order valence-electron chi connectivity index (χ2n) is 18.3. The highest BCUT2D eigenvalue weighted by molar-refractivity contribution is 7.92. The number of halogens is 11. The van der Waals surface area contributed by atoms with E-state index < -0.39 is 149 Å². The van der Waals surface area contributed by atoms with Crippen LogP contribution in [-0.2, 0) is 67.4 Å². The van der Waals surface area contributed by atoms with E-state index in [0.29, 0.717) is 12.3 Å². The van der Waals surface area contributed by atoms with Gasteiger partial charge in [-0.25, -0.2) is 30.4 Å². The van der Waals surface area contributed by atoms with Gasteiger partial charge in [-0.1, -0.05) is 37.6 Å². The standard InChI is InChI=1S/C45H48ClF10N7O8S2/c1-23-24(2)44(52,53)39-34(23)38(45(54,55)56)59-61(39)21-33(65)58-32(19-25-17-26(47)20-27(48)18-25)36-29(10-9-28(57-36)13-14-42(3,4)72(5,67)68)30-11-12-31(46)35-37(30)62(22-43(49,50)51)60-40(35)63(73(6,69)70)41(66)71-16-8-7-15-64/h9-12,17-18,20,23-24,32,64H,7-8,13-16,19,21-22H2,1-6H3,(H,58,65)/t23-,24+,32-/m0/s1. The first kappa shape index (κ1) is 56.8. The van der Waals surface area contributed by atoms with Crippen molar-refractivity contribution in [3.63, 3.8) is 0 Å². The first-order valence-corrected chi connectivity index (χ1v) is 26.2. The molecular formula is C45H48ClF10N7O8S2. The van der Waals surface area contributed by atoms with Gasteiger partial charge in [0.25, 0.3) is 5.92 Å². The van der Waals surface area contributed by atoms with Gasteiger partial charge in [0, 0.05) is 47.2 Å². The van der Waals surface area contributed by atoms with Crippen LogP contribution in [0.15, 0.2) is 42.5 Å². The third-order valence-corrected chi connectivity index (χ3v) is 16.1. The summed E-state index contributed by atoms with van der Waals surface area (Å²) in [6.07, 6.45) is -11.3. The van der Waals surface area contributed by atoms with Crippen molar-refractivity contribution in [1.82, 2.24) is 29.9 Å². The molecule has 400 valence electrons. The predicted molar refractivity (Wildman–Crippen MR) is 246 cm³/mol. The summed E-state index contributed by atoms with van der Waals surface area (Å²) in [6, 6.07) is 5.17. The number of ether oxygens (including phenoxy) is 1. The summed E-state index contributed by atoms with van der Waals surface area (Å²) < 4.78 is 204. The Morgan fingerprint density at radius 2 is 1.56 bits per heavy atom. The van der Waals surface area contributed by atoms with Gasteiger partial charge in [0.15, 0.2) is 21.3 Å². The Morgan fingerprint density at radius 1 is 0.932 bits per heavy atom. The van der Waals surface area contributed by atoms with E-state index in [1.807, 2.05) is 0 Å². The van der Waals surface area contributed by atoms with Crippen molar-refractivity contribution >= 4 is 60.2 Å². The van der Waals surface area contributed by atoms with Crippen molar-refractivity contribution in [3.05, 3.63) is 93.0 Å². The zero-order chi connectivity index (χ0) is 54.6. The van der Waals surface area contributed by atoms with Gasteiger partial charge < -0.3 is 15.2 Å². The molecule has 0 spiro atoms. The second kappa shape index (κ2) is 20.6. The lowest BCUT2D eigenvalue weighted by molar-refractivity contribution is -0.143. The van der Waals surface area contributed by atoms with Gasteiger partial charge in [0.2, 0.25) is 15.9 Å². The zero-order valence-corrected chi connectivity index (χ0v) is 42.0. The molecule has 1 aliphatic carbocycles. The number of benzene rings is 2. The monoisotopic (exact) mass is 1100 g/mol. The van der Waals surface area contributed by atoms with Crippen molar-refractivity contribution < 1.29 is 80.2 Å². The minimum atomic E-state index is -5.25. The minimum absolute atomic E-state index is 0.0363. The average molecular weight is 1100 g/mol. The molecular weight excluding hydrogens is 1060 g/mol. The molecule has 73 heavy (non-hydrogen) atoms. The maximum atomic E-state index is 15.8. The molecule has 0 bridgehead atoms. The summed E-state index contributed by atoms with van der Waals surface area (Å²) in [5.41, 5.74) is -5.46. The van der Waals surface area contributed by atoms with Crippen LogP contribution in [0, 0.1) is 17.6 Å². The number of aliphatic hydroxyl groups is 1. The van der Waals surface area contributed by atoms with E-state index in [9.17, 15) is 61.5 Å². The summed E-state index contributed by atoms with van der Waals surface area (Å²) in [7, 11) is -8.57. The SMILES string of the molecule is C[C@@H]1c2c(C(F)(F)F)nn(CC(=O)N[C@@H](Cc3cc(F)cc(F)c3)c3nc(CCC(C)(C)S(C)(=O)=O)ccc3-c3ccc(Cl)c4c(N(C(=O)OCCCCO)S(C)(=O)=O)nn(CC(F)(F)F)c34)c2C(F)(F)[C@@H]1C. The summed E-state index contributed by atoms with van der Waals surface area (Å²) >= 11 is 6.63. The topological polar surface area (TPSA) is 196 Å². The van der Waals surface area contributed by atoms with Crippen LogP contribution >= 0.6 is 11.6 Å². The van der Waals surface area contributed by atoms with Crippen molar-refractivity contribution in [2.45, 2.75) is 108 Å². The number of fused-ring (bicyclic) bond motifs is 2. The molecule has 0 saturated carbocycles. The Balaban J connectivity index is 1.63. The van der Waals surface area contributed by atoms with E-state index in [2.05, 4.69) is 15.5 Å². The number of nitrogens with one attached hydrogen (secondary N) is 1. The number of aromatic nitrogens is 5. The molecule has 1 aliphatic rings. The number of pyridine rings is 1. The van der Waals surface area contributed by atoms with E-state index >= 15 is 8.78 Å². The van der Waals surface area contributed by atoms with Crippen LogP contribution in [0.1, 0.15) is 92.8 Å². The molecule has 3 atom stereocenters. The Labute approximate surface area is 416 Å². The smallest absolute Gasteiger partial charge is 0.435 e. The quantitative estimate of drug-likeness (QED) is 0.0627. The van der Waals surface area contributed by atoms with Gasteiger partial charge in [0.1, 0.15) is 30.4 Å². The van der Waals surface area contributed by atoms with Crippen molar-refractivity contribution in [3.8, 4) is 11.1 Å². The molecule has 3 heterocycles. The lowest BCUT2D eigenvalue weighted by Crippen LogP contribution is -2.37. The van der Waals surface area contributed by atoms with E-state index in [0.717, 1.165) is 44.4 Å². The van der Waals surface area contributed by atoms with E-state index in [1.54, 1.807) is 0 Å². The molecule has 3 aromatic heterocycles. The number of aryl methyl sites for hydroxylation is 1. The number of anilines is 1. The van der Waals surface area contributed by atoms with Gasteiger partial charge in [-0.3, -0.25) is 19.1 Å². The van der Waals surface area contributed by atoms with Crippen LogP contribution in [0.25, 0.3) is 22.0 Å². The molecule has 0 saturated heterocycles. The molecule has 0 unspecified atom stereocenters. The maximum absolute atomic E-state index is 15.8. The third kappa shape index (κ3) is 12.2. The van der Waals surface area contributed by atoms with E-state index in [4.69, 9.17) is 26.4 Å². The molecule has 2 amide bonds. The molecule has 5 aromatic rings. The number of aliphatic hydroxyl groups excluding tert-OH is 1. The number of carbonyl (C=O) groups is 2. The predicted octanol–water partition coefficient (Wildman–Crippen LogP) is 9.18. The highest BCUT2D eigenvalue weighted by Crippen LogP contribution is 2.55. The fourth-order valence-corrected chi connectivity index (χ4v) is 9.87. The normalized spacial score (nSPS) is 16.7. The molecule has 2 aromatic carbocycles. The molecule has 0 fully saturated rings. The number of alkyl halides is 8. The summed E-state index contributed by atoms with van der Waals surface area (Å²) in [5, 5.41) is 17.9. The number of carbonyl (C=O) groups excluding carboxylic acids is 2. The maximum Gasteiger partial charge on any atom is 0.435 e. The molecule has 6 rings (SSSR count). The first-order chi connectivity index (χ1) is 33.6. The number of sulfone groups is 1. The summed E-state index contributed by atoms with van der Waals surface area (Å²) in [5.74, 6) is -11.6. The van der Waals surface area contributed by atoms with Crippen molar-refractivity contribution in [2.24, 2.45) is 5.92 Å². The Bertz CT molecular complexity index is 3140. The Morgan fingerprint density at radius 3 is 2.14 bits per heavy atom. The highest BCUT2D eigenvalue weighted by Gasteiger charge is 2.57.